The molecule has 1 aromatic rings. The van der Waals surface area contributed by atoms with E-state index in [2.05, 4.69) is 17.4 Å². The van der Waals surface area contributed by atoms with E-state index in [-0.39, 0.29) is 0 Å². The summed E-state index contributed by atoms with van der Waals surface area (Å²) in [7, 11) is 0. The summed E-state index contributed by atoms with van der Waals surface area (Å²) in [5.41, 5.74) is 1.23. The summed E-state index contributed by atoms with van der Waals surface area (Å²) in [5.74, 6) is 0.749. The Hall–Kier alpha value is -1.15. The van der Waals surface area contributed by atoms with Crippen LogP contribution in [0.3, 0.4) is 0 Å². The number of nitrogens with one attached hydrogen (secondary N) is 1. The first-order chi connectivity index (χ1) is 6.86. The number of ketones is 1. The Morgan fingerprint density at radius 1 is 1.29 bits per heavy atom. The van der Waals surface area contributed by atoms with Crippen molar-refractivity contribution in [3.05, 3.63) is 35.9 Å². The fourth-order valence-electron chi connectivity index (χ4n) is 1.48. The third-order valence-electron chi connectivity index (χ3n) is 2.50. The minimum Gasteiger partial charge on any atom is -0.306 e. The lowest BCUT2D eigenvalue weighted by atomic mass is 10.2. The van der Waals surface area contributed by atoms with Crippen molar-refractivity contribution in [1.82, 2.24) is 5.32 Å². The largest absolute Gasteiger partial charge is 0.306 e. The number of hydrogen-bond acceptors (Lipinski definition) is 2. The quantitative estimate of drug-likeness (QED) is 0.764. The number of rotatable bonds is 5. The summed E-state index contributed by atoms with van der Waals surface area (Å²) in [6.07, 6.45) is 2.21. The fraction of sp³-hybridized carbons (Fsp3) is 0.417. The molecule has 0 bridgehead atoms. The van der Waals surface area contributed by atoms with Crippen molar-refractivity contribution in [1.29, 1.82) is 0 Å². The number of carbonyl (C=O) groups is 1. The van der Waals surface area contributed by atoms with Crippen LogP contribution in [0.2, 0.25) is 0 Å². The van der Waals surface area contributed by atoms with Gasteiger partial charge in [-0.1, -0.05) is 30.3 Å². The van der Waals surface area contributed by atoms with Crippen molar-refractivity contribution in [3.8, 4) is 0 Å². The molecular weight excluding hydrogens is 174 g/mol. The number of carbonyl (C=O) groups excluding carboxylic acids is 1. The molecule has 74 valence electrons. The summed E-state index contributed by atoms with van der Waals surface area (Å²) >= 11 is 0. The van der Waals surface area contributed by atoms with Gasteiger partial charge in [0.2, 0.25) is 0 Å². The van der Waals surface area contributed by atoms with E-state index in [0.717, 1.165) is 19.4 Å². The predicted octanol–water partition coefficient (Wildman–Crippen LogP) is 1.76. The molecule has 2 nitrogen and oxygen atoms in total. The molecule has 1 N–H and O–H groups in total. The molecule has 0 aromatic heterocycles. The van der Waals surface area contributed by atoms with Gasteiger partial charge in [0.25, 0.3) is 0 Å². The second-order valence-electron chi connectivity index (χ2n) is 3.83. The van der Waals surface area contributed by atoms with Crippen molar-refractivity contribution in [2.45, 2.75) is 19.4 Å². The smallest absolute Gasteiger partial charge is 0.149 e. The van der Waals surface area contributed by atoms with E-state index in [1.807, 2.05) is 18.2 Å². The Balaban J connectivity index is 1.70. The third-order valence-corrected chi connectivity index (χ3v) is 2.50. The molecule has 1 fully saturated rings. The molecule has 0 amide bonds. The average Bonchev–Trinajstić information content (AvgIpc) is 3.02. The molecule has 0 heterocycles. The van der Waals surface area contributed by atoms with Gasteiger partial charge >= 0.3 is 0 Å². The van der Waals surface area contributed by atoms with Gasteiger partial charge in [0.15, 0.2) is 0 Å². The van der Waals surface area contributed by atoms with Gasteiger partial charge in [-0.3, -0.25) is 4.79 Å². The van der Waals surface area contributed by atoms with Crippen molar-refractivity contribution in [3.63, 3.8) is 0 Å². The van der Waals surface area contributed by atoms with Gasteiger partial charge in [-0.15, -0.1) is 0 Å². The lowest BCUT2D eigenvalue weighted by Crippen LogP contribution is -2.23. The zero-order valence-electron chi connectivity index (χ0n) is 8.20. The first-order valence-electron chi connectivity index (χ1n) is 5.13. The van der Waals surface area contributed by atoms with Crippen molar-refractivity contribution >= 4 is 5.78 Å². The minimum atomic E-state index is 0.373. The van der Waals surface area contributed by atoms with Crippen LogP contribution < -0.4 is 5.32 Å². The number of Topliss-reactive ketones (excluding diaryl/α,β-unsaturated/α-hetero) is 1. The van der Waals surface area contributed by atoms with E-state index in [0.29, 0.717) is 18.2 Å². The van der Waals surface area contributed by atoms with Crippen LogP contribution in [-0.2, 0) is 11.3 Å². The van der Waals surface area contributed by atoms with Crippen molar-refractivity contribution < 1.29 is 4.79 Å². The van der Waals surface area contributed by atoms with Gasteiger partial charge in [-0.25, -0.2) is 0 Å². The maximum Gasteiger partial charge on any atom is 0.149 e. The lowest BCUT2D eigenvalue weighted by molar-refractivity contribution is -0.119. The molecule has 0 atom stereocenters. The molecule has 1 saturated carbocycles. The summed E-state index contributed by atoms with van der Waals surface area (Å²) < 4.78 is 0. The maximum absolute atomic E-state index is 11.3. The van der Waals surface area contributed by atoms with E-state index < -0.39 is 0 Å². The zero-order chi connectivity index (χ0) is 9.80. The van der Waals surface area contributed by atoms with Gasteiger partial charge in [0, 0.05) is 12.5 Å². The molecule has 0 radical (unpaired) electrons. The summed E-state index contributed by atoms with van der Waals surface area (Å²) in [6, 6.07) is 10.2. The average molecular weight is 189 g/mol. The Morgan fingerprint density at radius 2 is 2.00 bits per heavy atom. The molecule has 0 unspecified atom stereocenters. The van der Waals surface area contributed by atoms with E-state index in [4.69, 9.17) is 0 Å². The summed E-state index contributed by atoms with van der Waals surface area (Å²) in [5, 5.41) is 3.17. The number of benzene rings is 1. The van der Waals surface area contributed by atoms with Crippen LogP contribution >= 0.6 is 0 Å². The zero-order valence-corrected chi connectivity index (χ0v) is 8.20. The lowest BCUT2D eigenvalue weighted by Gasteiger charge is -2.02. The topological polar surface area (TPSA) is 29.1 Å². The van der Waals surface area contributed by atoms with Crippen LogP contribution in [0.1, 0.15) is 18.4 Å². The highest BCUT2D eigenvalue weighted by molar-refractivity contribution is 5.84. The number of hydrogen-bond donors (Lipinski definition) is 1. The minimum absolute atomic E-state index is 0.373. The van der Waals surface area contributed by atoms with E-state index in [9.17, 15) is 4.79 Å². The molecule has 1 aliphatic rings. The van der Waals surface area contributed by atoms with Crippen molar-refractivity contribution in [2.75, 3.05) is 6.54 Å². The second-order valence-corrected chi connectivity index (χ2v) is 3.83. The normalized spacial score (nSPS) is 15.4. The van der Waals surface area contributed by atoms with Crippen LogP contribution in [-0.4, -0.2) is 12.3 Å². The summed E-state index contributed by atoms with van der Waals surface area (Å²) in [6.45, 7) is 1.32. The monoisotopic (exact) mass is 189 g/mol. The Kier molecular flexibility index (Phi) is 2.94. The van der Waals surface area contributed by atoms with Crippen LogP contribution in [0, 0.1) is 5.92 Å². The van der Waals surface area contributed by atoms with E-state index >= 15 is 0 Å². The molecule has 2 rings (SSSR count). The Bertz CT molecular complexity index is 303. The molecule has 0 spiro atoms. The van der Waals surface area contributed by atoms with Crippen molar-refractivity contribution in [2.24, 2.45) is 5.92 Å². The van der Waals surface area contributed by atoms with Crippen LogP contribution in [0.15, 0.2) is 30.3 Å². The fourth-order valence-corrected chi connectivity index (χ4v) is 1.48. The van der Waals surface area contributed by atoms with Gasteiger partial charge in [-0.05, 0) is 18.4 Å². The molecular formula is C12H15NO. The third kappa shape index (κ3) is 2.67. The molecule has 1 aliphatic carbocycles. The second kappa shape index (κ2) is 4.38. The predicted molar refractivity (Wildman–Crippen MR) is 55.9 cm³/mol. The Labute approximate surface area is 84.3 Å². The molecule has 1 aromatic carbocycles. The highest BCUT2D eigenvalue weighted by Gasteiger charge is 2.28. The van der Waals surface area contributed by atoms with Crippen LogP contribution in [0.5, 0.6) is 0 Å². The highest BCUT2D eigenvalue weighted by Crippen LogP contribution is 2.29. The van der Waals surface area contributed by atoms with Crippen LogP contribution in [0.25, 0.3) is 0 Å². The van der Waals surface area contributed by atoms with Gasteiger partial charge in [-0.2, -0.15) is 0 Å². The van der Waals surface area contributed by atoms with Gasteiger partial charge < -0.3 is 5.32 Å². The molecule has 14 heavy (non-hydrogen) atoms. The SMILES string of the molecule is O=C(CNCc1ccccc1)C1CC1. The van der Waals surface area contributed by atoms with E-state index in [1.165, 1.54) is 5.56 Å². The molecule has 0 aliphatic heterocycles. The first-order valence-corrected chi connectivity index (χ1v) is 5.13. The standard InChI is InChI=1S/C12H15NO/c14-12(11-6-7-11)9-13-8-10-4-2-1-3-5-10/h1-5,11,13H,6-9H2. The first kappa shape index (κ1) is 9.41. The Morgan fingerprint density at radius 3 is 2.64 bits per heavy atom. The van der Waals surface area contributed by atoms with E-state index in [1.54, 1.807) is 0 Å². The molecule has 0 saturated heterocycles. The van der Waals surface area contributed by atoms with Gasteiger partial charge in [0.1, 0.15) is 5.78 Å². The highest BCUT2D eigenvalue weighted by atomic mass is 16.1. The van der Waals surface area contributed by atoms with Gasteiger partial charge in [0.05, 0.1) is 6.54 Å². The van der Waals surface area contributed by atoms with Crippen LogP contribution in [0.4, 0.5) is 0 Å². The summed E-state index contributed by atoms with van der Waals surface area (Å²) in [4.78, 5) is 11.3. The molecule has 2 heteroatoms. The maximum atomic E-state index is 11.3.